The highest BCUT2D eigenvalue weighted by Crippen LogP contribution is 2.23. The topological polar surface area (TPSA) is 18.5 Å². The predicted octanol–water partition coefficient (Wildman–Crippen LogP) is 4.94. The summed E-state index contributed by atoms with van der Waals surface area (Å²) in [5.74, 6) is 0. The second kappa shape index (κ2) is 15.1. The van der Waals surface area contributed by atoms with Gasteiger partial charge in [-0.3, -0.25) is 8.37 Å². The van der Waals surface area contributed by atoms with Crippen LogP contribution in [0, 0.1) is 0 Å². The summed E-state index contributed by atoms with van der Waals surface area (Å²) in [6.45, 7) is 5.62. The Hall–Kier alpha value is 0.100. The molecule has 0 aliphatic carbocycles. The highest BCUT2D eigenvalue weighted by molar-refractivity contribution is 8.73. The predicted molar refractivity (Wildman–Crippen MR) is 75.2 cm³/mol. The van der Waals surface area contributed by atoms with Gasteiger partial charge >= 0.3 is 0 Å². The molecular weight excluding hydrogens is 240 g/mol. The Morgan fingerprint density at radius 3 is 1.56 bits per heavy atom. The van der Waals surface area contributed by atoms with E-state index in [2.05, 4.69) is 26.0 Å². The maximum atomic E-state index is 5.25. The van der Waals surface area contributed by atoms with Crippen molar-refractivity contribution in [2.24, 2.45) is 0 Å². The monoisotopic (exact) mass is 262 g/mol. The van der Waals surface area contributed by atoms with Gasteiger partial charge in [0.05, 0.1) is 35.4 Å². The highest BCUT2D eigenvalue weighted by Gasteiger charge is 1.88. The lowest BCUT2D eigenvalue weighted by molar-refractivity contribution is 0.420. The van der Waals surface area contributed by atoms with Crippen LogP contribution in [0.3, 0.4) is 0 Å². The summed E-state index contributed by atoms with van der Waals surface area (Å²) in [4.78, 5) is 0. The normalized spacial score (nSPS) is 11.9. The molecule has 0 atom stereocenters. The van der Waals surface area contributed by atoms with Crippen LogP contribution in [0.1, 0.15) is 39.5 Å². The van der Waals surface area contributed by atoms with Gasteiger partial charge in [-0.05, 0) is 12.8 Å². The van der Waals surface area contributed by atoms with Gasteiger partial charge in [0.2, 0.25) is 0 Å². The molecule has 94 valence electrons. The van der Waals surface area contributed by atoms with Gasteiger partial charge < -0.3 is 0 Å². The third kappa shape index (κ3) is 14.1. The summed E-state index contributed by atoms with van der Waals surface area (Å²) < 4.78 is 10.5. The van der Waals surface area contributed by atoms with Crippen molar-refractivity contribution in [1.82, 2.24) is 0 Å². The van der Waals surface area contributed by atoms with Gasteiger partial charge in [0.15, 0.2) is 0 Å². The van der Waals surface area contributed by atoms with E-state index in [1.54, 1.807) is 0 Å². The molecule has 0 saturated carbocycles. The fraction of sp³-hybridized carbons (Fsp3) is 0.667. The molecular formula is C12H22O2S2. The van der Waals surface area contributed by atoms with Gasteiger partial charge in [-0.1, -0.05) is 51.0 Å². The molecule has 0 heterocycles. The third-order valence-corrected chi connectivity index (χ3v) is 2.96. The van der Waals surface area contributed by atoms with E-state index in [0.717, 1.165) is 12.8 Å². The molecule has 0 rings (SSSR count). The smallest absolute Gasteiger partial charge is 0.0928 e. The van der Waals surface area contributed by atoms with Crippen LogP contribution in [-0.4, -0.2) is 13.2 Å². The first-order chi connectivity index (χ1) is 7.91. The fourth-order valence-electron chi connectivity index (χ4n) is 0.879. The number of allylic oxidation sites excluding steroid dienone is 2. The average molecular weight is 262 g/mol. The van der Waals surface area contributed by atoms with E-state index in [1.807, 2.05) is 12.2 Å². The van der Waals surface area contributed by atoms with Crippen molar-refractivity contribution >= 4 is 22.1 Å². The van der Waals surface area contributed by atoms with E-state index in [-0.39, 0.29) is 0 Å². The van der Waals surface area contributed by atoms with Crippen LogP contribution in [0.15, 0.2) is 24.3 Å². The van der Waals surface area contributed by atoms with Crippen molar-refractivity contribution in [3.63, 3.8) is 0 Å². The van der Waals surface area contributed by atoms with E-state index < -0.39 is 0 Å². The van der Waals surface area contributed by atoms with Gasteiger partial charge in [0.25, 0.3) is 0 Å². The van der Waals surface area contributed by atoms with E-state index in [4.69, 9.17) is 8.37 Å². The maximum Gasteiger partial charge on any atom is 0.0928 e. The first kappa shape index (κ1) is 16.1. The minimum atomic E-state index is 0.646. The molecule has 4 heteroatoms. The first-order valence-electron chi connectivity index (χ1n) is 5.79. The summed E-state index contributed by atoms with van der Waals surface area (Å²) in [5.41, 5.74) is 0. The van der Waals surface area contributed by atoms with Crippen LogP contribution in [-0.2, 0) is 8.37 Å². The number of hydrogen-bond donors (Lipinski definition) is 0. The van der Waals surface area contributed by atoms with Gasteiger partial charge in [-0.25, -0.2) is 0 Å². The van der Waals surface area contributed by atoms with Gasteiger partial charge in [0, 0.05) is 0 Å². The van der Waals surface area contributed by atoms with E-state index >= 15 is 0 Å². The molecule has 2 nitrogen and oxygen atoms in total. The Morgan fingerprint density at radius 1 is 0.750 bits per heavy atom. The summed E-state index contributed by atoms with van der Waals surface area (Å²) in [6.07, 6.45) is 13.0. The molecule has 0 aliphatic rings. The molecule has 0 aromatic carbocycles. The molecule has 0 aliphatic heterocycles. The molecule has 0 radical (unpaired) electrons. The van der Waals surface area contributed by atoms with Crippen molar-refractivity contribution in [1.29, 1.82) is 0 Å². The van der Waals surface area contributed by atoms with E-state index in [1.165, 1.54) is 35.0 Å². The van der Waals surface area contributed by atoms with Crippen molar-refractivity contribution in [2.45, 2.75) is 39.5 Å². The Labute approximate surface area is 108 Å². The average Bonchev–Trinajstić information content (AvgIpc) is 2.31. The molecule has 0 amide bonds. The summed E-state index contributed by atoms with van der Waals surface area (Å²) in [6, 6.07) is 0. The minimum Gasteiger partial charge on any atom is -0.299 e. The Morgan fingerprint density at radius 2 is 1.19 bits per heavy atom. The lowest BCUT2D eigenvalue weighted by Gasteiger charge is -1.97. The molecule has 0 spiro atoms. The second-order valence-corrected chi connectivity index (χ2v) is 4.79. The molecule has 0 bridgehead atoms. The van der Waals surface area contributed by atoms with Gasteiger partial charge in [-0.15, -0.1) is 0 Å². The van der Waals surface area contributed by atoms with Crippen molar-refractivity contribution in [3.05, 3.63) is 24.3 Å². The van der Waals surface area contributed by atoms with Crippen molar-refractivity contribution in [2.75, 3.05) is 13.2 Å². The number of unbranched alkanes of at least 4 members (excludes halogenated alkanes) is 2. The Kier molecular flexibility index (Phi) is 15.2. The van der Waals surface area contributed by atoms with Crippen molar-refractivity contribution < 1.29 is 8.37 Å². The Bertz CT molecular complexity index is 162. The zero-order chi connectivity index (χ0) is 11.9. The zero-order valence-electron chi connectivity index (χ0n) is 10.2. The van der Waals surface area contributed by atoms with E-state index in [9.17, 15) is 0 Å². The molecule has 0 aromatic heterocycles. The fourth-order valence-corrected chi connectivity index (χ4v) is 1.79. The lowest BCUT2D eigenvalue weighted by Crippen LogP contribution is -1.81. The van der Waals surface area contributed by atoms with Crippen LogP contribution in [0.4, 0.5) is 0 Å². The van der Waals surface area contributed by atoms with Gasteiger partial charge in [0.1, 0.15) is 0 Å². The lowest BCUT2D eigenvalue weighted by atomic mass is 10.3. The number of rotatable bonds is 11. The highest BCUT2D eigenvalue weighted by atomic mass is 33.1. The summed E-state index contributed by atoms with van der Waals surface area (Å²) >= 11 is 2.57. The van der Waals surface area contributed by atoms with Crippen LogP contribution < -0.4 is 0 Å². The van der Waals surface area contributed by atoms with Crippen LogP contribution in [0.2, 0.25) is 0 Å². The molecule has 16 heavy (non-hydrogen) atoms. The molecule has 0 unspecified atom stereocenters. The van der Waals surface area contributed by atoms with Crippen LogP contribution in [0.25, 0.3) is 0 Å². The van der Waals surface area contributed by atoms with Crippen LogP contribution >= 0.6 is 22.1 Å². The molecule has 0 N–H and O–H groups in total. The largest absolute Gasteiger partial charge is 0.299 e. The standard InChI is InChI=1S/C12H22O2S2/c1-3-5-7-9-11-13-15-16-14-12-10-8-6-4-2/h7-10H,3-6,11-12H2,1-2H3/b9-7+,10-8+. The van der Waals surface area contributed by atoms with E-state index in [0.29, 0.717) is 13.2 Å². The Balaban J connectivity index is 3.04. The maximum absolute atomic E-state index is 5.25. The SMILES string of the molecule is CCC/C=C/COSSOC/C=C/CCC. The minimum absolute atomic E-state index is 0.646. The second-order valence-electron chi connectivity index (χ2n) is 3.23. The zero-order valence-corrected chi connectivity index (χ0v) is 11.8. The molecule has 0 fully saturated rings. The summed E-state index contributed by atoms with van der Waals surface area (Å²) in [5, 5.41) is 0. The molecule has 0 aromatic rings. The number of hydrogen-bond acceptors (Lipinski definition) is 4. The summed E-state index contributed by atoms with van der Waals surface area (Å²) in [7, 11) is 0. The first-order valence-corrected chi connectivity index (χ1v) is 7.79. The quantitative estimate of drug-likeness (QED) is 0.227. The van der Waals surface area contributed by atoms with Crippen molar-refractivity contribution in [3.8, 4) is 0 Å². The molecule has 0 saturated heterocycles. The van der Waals surface area contributed by atoms with Gasteiger partial charge in [-0.2, -0.15) is 0 Å². The third-order valence-electron chi connectivity index (χ3n) is 1.70. The van der Waals surface area contributed by atoms with Crippen LogP contribution in [0.5, 0.6) is 0 Å².